The summed E-state index contributed by atoms with van der Waals surface area (Å²) < 4.78 is 13.3. The zero-order valence-corrected chi connectivity index (χ0v) is 11.0. The minimum atomic E-state index is -1.19. The van der Waals surface area contributed by atoms with Gasteiger partial charge in [0.1, 0.15) is 11.4 Å². The van der Waals surface area contributed by atoms with Crippen LogP contribution in [0.2, 0.25) is 0 Å². The highest BCUT2D eigenvalue weighted by atomic mass is 79.9. The van der Waals surface area contributed by atoms with E-state index in [0.29, 0.717) is 0 Å². The summed E-state index contributed by atoms with van der Waals surface area (Å²) in [6.45, 7) is 2.95. The SMILES string of the molecule is CC(C)(NC(=O)c1cccc(F)c1Br)C(N)=O. The molecule has 1 aromatic carbocycles. The van der Waals surface area contributed by atoms with Gasteiger partial charge in [0.05, 0.1) is 10.0 Å². The fourth-order valence-electron chi connectivity index (χ4n) is 1.09. The van der Waals surface area contributed by atoms with Gasteiger partial charge in [-0.15, -0.1) is 0 Å². The highest BCUT2D eigenvalue weighted by Gasteiger charge is 2.28. The second-order valence-electron chi connectivity index (χ2n) is 4.04. The third kappa shape index (κ3) is 3.03. The summed E-state index contributed by atoms with van der Waals surface area (Å²) in [5, 5.41) is 2.43. The van der Waals surface area contributed by atoms with Gasteiger partial charge in [-0.25, -0.2) is 4.39 Å². The Kier molecular flexibility index (Phi) is 3.87. The van der Waals surface area contributed by atoms with E-state index in [1.54, 1.807) is 0 Å². The van der Waals surface area contributed by atoms with Crippen molar-refractivity contribution in [1.82, 2.24) is 5.32 Å². The van der Waals surface area contributed by atoms with Gasteiger partial charge in [0.15, 0.2) is 0 Å². The minimum absolute atomic E-state index is 0.0535. The zero-order valence-electron chi connectivity index (χ0n) is 9.38. The largest absolute Gasteiger partial charge is 0.368 e. The van der Waals surface area contributed by atoms with Crippen LogP contribution >= 0.6 is 15.9 Å². The maximum absolute atomic E-state index is 13.2. The van der Waals surface area contributed by atoms with Crippen molar-refractivity contribution in [2.24, 2.45) is 5.73 Å². The maximum Gasteiger partial charge on any atom is 0.253 e. The van der Waals surface area contributed by atoms with Crippen LogP contribution in [0.4, 0.5) is 4.39 Å². The van der Waals surface area contributed by atoms with Crippen LogP contribution in [0.15, 0.2) is 22.7 Å². The monoisotopic (exact) mass is 302 g/mol. The Morgan fingerprint density at radius 2 is 2.00 bits per heavy atom. The second kappa shape index (κ2) is 4.83. The number of benzene rings is 1. The molecule has 1 aromatic rings. The van der Waals surface area contributed by atoms with Gasteiger partial charge < -0.3 is 11.1 Å². The Hall–Kier alpha value is -1.43. The van der Waals surface area contributed by atoms with Crippen molar-refractivity contribution >= 4 is 27.7 Å². The smallest absolute Gasteiger partial charge is 0.253 e. The average Bonchev–Trinajstić information content (AvgIpc) is 2.21. The first kappa shape index (κ1) is 13.6. The average molecular weight is 303 g/mol. The van der Waals surface area contributed by atoms with Gasteiger partial charge in [-0.1, -0.05) is 6.07 Å². The lowest BCUT2D eigenvalue weighted by Crippen LogP contribution is -2.53. The third-order valence-corrected chi connectivity index (χ3v) is 3.04. The summed E-state index contributed by atoms with van der Waals surface area (Å²) >= 11 is 2.97. The van der Waals surface area contributed by atoms with Crippen molar-refractivity contribution < 1.29 is 14.0 Å². The molecule has 6 heteroatoms. The molecule has 0 unspecified atom stereocenters. The Balaban J connectivity index is 2.99. The van der Waals surface area contributed by atoms with Gasteiger partial charge in [-0.3, -0.25) is 9.59 Å². The van der Waals surface area contributed by atoms with Crippen molar-refractivity contribution in [2.45, 2.75) is 19.4 Å². The molecule has 4 nitrogen and oxygen atoms in total. The number of carbonyl (C=O) groups excluding carboxylic acids is 2. The number of primary amides is 1. The fourth-order valence-corrected chi connectivity index (χ4v) is 1.54. The summed E-state index contributed by atoms with van der Waals surface area (Å²) in [6, 6.07) is 4.08. The van der Waals surface area contributed by atoms with Crippen LogP contribution in [-0.2, 0) is 4.79 Å². The molecular weight excluding hydrogens is 291 g/mol. The number of nitrogens with two attached hydrogens (primary N) is 1. The lowest BCUT2D eigenvalue weighted by Gasteiger charge is -2.22. The predicted octanol–water partition coefficient (Wildman–Crippen LogP) is 1.58. The molecule has 3 N–H and O–H groups in total. The van der Waals surface area contributed by atoms with E-state index in [1.807, 2.05) is 0 Å². The van der Waals surface area contributed by atoms with Crippen molar-refractivity contribution in [2.75, 3.05) is 0 Å². The Morgan fingerprint density at radius 1 is 1.41 bits per heavy atom. The molecule has 0 aliphatic heterocycles. The van der Waals surface area contributed by atoms with Crippen molar-refractivity contribution in [3.05, 3.63) is 34.1 Å². The van der Waals surface area contributed by atoms with Gasteiger partial charge in [0.2, 0.25) is 5.91 Å². The van der Waals surface area contributed by atoms with Crippen LogP contribution in [0.1, 0.15) is 24.2 Å². The van der Waals surface area contributed by atoms with Crippen LogP contribution in [0.5, 0.6) is 0 Å². The van der Waals surface area contributed by atoms with E-state index in [4.69, 9.17) is 5.73 Å². The van der Waals surface area contributed by atoms with Crippen LogP contribution in [-0.4, -0.2) is 17.4 Å². The Bertz CT molecular complexity index is 475. The van der Waals surface area contributed by atoms with Gasteiger partial charge in [0.25, 0.3) is 5.91 Å². The van der Waals surface area contributed by atoms with E-state index in [0.717, 1.165) is 0 Å². The molecule has 0 atom stereocenters. The molecule has 0 fully saturated rings. The first-order valence-corrected chi connectivity index (χ1v) is 5.61. The second-order valence-corrected chi connectivity index (χ2v) is 4.84. The third-order valence-electron chi connectivity index (χ3n) is 2.24. The van der Waals surface area contributed by atoms with E-state index < -0.39 is 23.2 Å². The Morgan fingerprint density at radius 3 is 2.53 bits per heavy atom. The number of halogens is 2. The summed E-state index contributed by atoms with van der Waals surface area (Å²) in [4.78, 5) is 22.9. The van der Waals surface area contributed by atoms with Crippen LogP contribution in [0.25, 0.3) is 0 Å². The number of carbonyl (C=O) groups is 2. The Labute approximate surface area is 107 Å². The van der Waals surface area contributed by atoms with Crippen molar-refractivity contribution in [1.29, 1.82) is 0 Å². The molecule has 0 aliphatic carbocycles. The molecule has 0 aliphatic rings. The molecule has 0 spiro atoms. The number of hydrogen-bond donors (Lipinski definition) is 2. The fraction of sp³-hybridized carbons (Fsp3) is 0.273. The lowest BCUT2D eigenvalue weighted by molar-refractivity contribution is -0.122. The van der Waals surface area contributed by atoms with Crippen LogP contribution in [0, 0.1) is 5.82 Å². The van der Waals surface area contributed by atoms with E-state index in [2.05, 4.69) is 21.2 Å². The van der Waals surface area contributed by atoms with Gasteiger partial charge in [-0.2, -0.15) is 0 Å². The van der Waals surface area contributed by atoms with Crippen molar-refractivity contribution in [3.8, 4) is 0 Å². The van der Waals surface area contributed by atoms with Crippen molar-refractivity contribution in [3.63, 3.8) is 0 Å². The number of nitrogens with one attached hydrogen (secondary N) is 1. The maximum atomic E-state index is 13.2. The number of rotatable bonds is 3. The number of hydrogen-bond acceptors (Lipinski definition) is 2. The molecular formula is C11H12BrFN2O2. The standard InChI is InChI=1S/C11H12BrFN2O2/c1-11(2,10(14)17)15-9(16)6-4-3-5-7(13)8(6)12/h3-5H,1-2H3,(H2,14,17)(H,15,16). The molecule has 0 radical (unpaired) electrons. The molecule has 0 heterocycles. The molecule has 2 amide bonds. The van der Waals surface area contributed by atoms with E-state index >= 15 is 0 Å². The molecule has 92 valence electrons. The first-order chi connectivity index (χ1) is 7.75. The summed E-state index contributed by atoms with van der Waals surface area (Å²) in [5.74, 6) is -1.78. The van der Waals surface area contributed by atoms with E-state index in [1.165, 1.54) is 32.0 Å². The lowest BCUT2D eigenvalue weighted by atomic mass is 10.0. The van der Waals surface area contributed by atoms with Crippen LogP contribution in [0.3, 0.4) is 0 Å². The first-order valence-electron chi connectivity index (χ1n) is 4.82. The quantitative estimate of drug-likeness (QED) is 0.890. The van der Waals surface area contributed by atoms with Gasteiger partial charge in [0, 0.05) is 0 Å². The molecule has 0 saturated carbocycles. The predicted molar refractivity (Wildman–Crippen MR) is 64.8 cm³/mol. The molecule has 0 aromatic heterocycles. The normalized spacial score (nSPS) is 11.1. The van der Waals surface area contributed by atoms with E-state index in [-0.39, 0.29) is 10.0 Å². The summed E-state index contributed by atoms with van der Waals surface area (Å²) in [6.07, 6.45) is 0. The molecule has 0 bridgehead atoms. The zero-order chi connectivity index (χ0) is 13.2. The van der Waals surface area contributed by atoms with E-state index in [9.17, 15) is 14.0 Å². The summed E-state index contributed by atoms with van der Waals surface area (Å²) in [5.41, 5.74) is 4.04. The summed E-state index contributed by atoms with van der Waals surface area (Å²) in [7, 11) is 0. The molecule has 0 saturated heterocycles. The molecule has 1 rings (SSSR count). The topological polar surface area (TPSA) is 72.2 Å². The van der Waals surface area contributed by atoms with Crippen LogP contribution < -0.4 is 11.1 Å². The molecule has 17 heavy (non-hydrogen) atoms. The number of amides is 2. The minimum Gasteiger partial charge on any atom is -0.368 e. The van der Waals surface area contributed by atoms with Gasteiger partial charge >= 0.3 is 0 Å². The highest BCUT2D eigenvalue weighted by Crippen LogP contribution is 2.20. The van der Waals surface area contributed by atoms with Gasteiger partial charge in [-0.05, 0) is 41.9 Å². The highest BCUT2D eigenvalue weighted by molar-refractivity contribution is 9.10.